The first-order valence-corrected chi connectivity index (χ1v) is 8.50. The largest absolute Gasteiger partial charge is 0.479 e. The molecule has 1 aliphatic rings. The Balaban J connectivity index is 0.00000176. The maximum absolute atomic E-state index is 6.35. The third kappa shape index (κ3) is 3.82. The van der Waals surface area contributed by atoms with Crippen molar-refractivity contribution in [1.82, 2.24) is 5.32 Å². The second kappa shape index (κ2) is 8.21. The Morgan fingerprint density at radius 2 is 2.00 bits per heavy atom. The minimum absolute atomic E-state index is 0. The highest BCUT2D eigenvalue weighted by Gasteiger charge is 2.15. The van der Waals surface area contributed by atoms with Gasteiger partial charge >= 0.3 is 0 Å². The van der Waals surface area contributed by atoms with Gasteiger partial charge in [0.25, 0.3) is 0 Å². The van der Waals surface area contributed by atoms with E-state index < -0.39 is 0 Å². The van der Waals surface area contributed by atoms with E-state index in [1.165, 1.54) is 10.8 Å². The minimum Gasteiger partial charge on any atom is -0.479 e. The first kappa shape index (κ1) is 16.9. The van der Waals surface area contributed by atoms with Gasteiger partial charge in [-0.25, -0.2) is 0 Å². The van der Waals surface area contributed by atoms with Gasteiger partial charge in [0.15, 0.2) is 5.44 Å². The summed E-state index contributed by atoms with van der Waals surface area (Å²) in [7, 11) is 1.92. The van der Waals surface area contributed by atoms with Crippen LogP contribution in [0.3, 0.4) is 0 Å². The summed E-state index contributed by atoms with van der Waals surface area (Å²) in [5.41, 5.74) is 0.137. The van der Waals surface area contributed by atoms with E-state index in [0.717, 1.165) is 18.7 Å². The predicted molar refractivity (Wildman–Crippen MR) is 100 cm³/mol. The molecule has 2 atom stereocenters. The Morgan fingerprint density at radius 1 is 1.18 bits per heavy atom. The van der Waals surface area contributed by atoms with E-state index in [-0.39, 0.29) is 28.3 Å². The van der Waals surface area contributed by atoms with Gasteiger partial charge in [-0.3, -0.25) is 0 Å². The average molecular weight is 334 g/mol. The number of allylic oxidation sites excluding steroid dienone is 2. The highest BCUT2D eigenvalue weighted by atomic mass is 35.5. The molecule has 1 heterocycles. The van der Waals surface area contributed by atoms with Crippen LogP contribution < -0.4 is 10.1 Å². The molecule has 0 saturated carbocycles. The highest BCUT2D eigenvalue weighted by Crippen LogP contribution is 2.32. The van der Waals surface area contributed by atoms with E-state index in [1.54, 1.807) is 0 Å². The molecule has 2 nitrogen and oxygen atoms in total. The second-order valence-electron chi connectivity index (χ2n) is 4.90. The van der Waals surface area contributed by atoms with Crippen LogP contribution in [-0.4, -0.2) is 24.1 Å². The number of fused-ring (bicyclic) bond motifs is 1. The van der Waals surface area contributed by atoms with E-state index in [1.807, 2.05) is 13.1 Å². The molecule has 4 heteroatoms. The standard InChI is InChI=1S/C18H19NOS.ClH/c1-19-12-11-18(21-13-4-5-14-21)20-17-10-6-8-15-7-2-3-9-16(15)17;/h2-10,13,18-19H,11-12H2,1H3;1H/t18-,21?;/m0./s1. The van der Waals surface area contributed by atoms with Crippen LogP contribution in [0.5, 0.6) is 5.75 Å². The molecule has 0 aromatic heterocycles. The third-order valence-electron chi connectivity index (χ3n) is 3.45. The normalized spacial score (nSPS) is 17.0. The number of rotatable bonds is 6. The molecule has 0 bridgehead atoms. The van der Waals surface area contributed by atoms with Crippen molar-refractivity contribution in [3.05, 3.63) is 60.0 Å². The van der Waals surface area contributed by atoms with E-state index in [9.17, 15) is 0 Å². The van der Waals surface area contributed by atoms with Crippen LogP contribution in [0.4, 0.5) is 0 Å². The first-order chi connectivity index (χ1) is 10.4. The maximum atomic E-state index is 6.35. The Morgan fingerprint density at radius 3 is 2.77 bits per heavy atom. The minimum atomic E-state index is -0.0583. The number of hydrogen-bond donors (Lipinski definition) is 1. The lowest BCUT2D eigenvalue weighted by molar-refractivity contribution is 0.280. The number of hydrogen-bond acceptors (Lipinski definition) is 2. The molecule has 1 aliphatic heterocycles. The zero-order valence-electron chi connectivity index (χ0n) is 12.5. The van der Waals surface area contributed by atoms with Crippen molar-refractivity contribution < 1.29 is 4.74 Å². The summed E-state index contributed by atoms with van der Waals surface area (Å²) in [6.45, 7) is 0.939. The lowest BCUT2D eigenvalue weighted by Crippen LogP contribution is -2.20. The topological polar surface area (TPSA) is 21.3 Å². The zero-order chi connectivity index (χ0) is 14.5. The monoisotopic (exact) mass is 333 g/mol. The zero-order valence-corrected chi connectivity index (χ0v) is 14.1. The lowest BCUT2D eigenvalue weighted by atomic mass is 10.1. The van der Waals surface area contributed by atoms with Crippen LogP contribution >= 0.6 is 22.9 Å². The van der Waals surface area contributed by atoms with Gasteiger partial charge in [0.1, 0.15) is 5.75 Å². The molecule has 0 radical (unpaired) electrons. The van der Waals surface area contributed by atoms with Crippen molar-refractivity contribution >= 4 is 38.7 Å². The van der Waals surface area contributed by atoms with Crippen LogP contribution in [-0.2, 0) is 0 Å². The van der Waals surface area contributed by atoms with Gasteiger partial charge in [-0.2, -0.15) is 0 Å². The van der Waals surface area contributed by atoms with Gasteiger partial charge < -0.3 is 10.1 Å². The van der Waals surface area contributed by atoms with Crippen LogP contribution in [0.1, 0.15) is 6.42 Å². The van der Waals surface area contributed by atoms with Crippen LogP contribution in [0.25, 0.3) is 10.8 Å². The van der Waals surface area contributed by atoms with E-state index in [0.29, 0.717) is 0 Å². The molecule has 0 spiro atoms. The van der Waals surface area contributed by atoms with Gasteiger partial charge in [0.2, 0.25) is 0 Å². The quantitative estimate of drug-likeness (QED) is 0.794. The molecule has 2 aromatic rings. The summed E-state index contributed by atoms with van der Waals surface area (Å²) in [4.78, 5) is 0. The predicted octanol–water partition coefficient (Wildman–Crippen LogP) is 4.33. The Kier molecular flexibility index (Phi) is 6.29. The lowest BCUT2D eigenvalue weighted by Gasteiger charge is -2.20. The van der Waals surface area contributed by atoms with Crippen molar-refractivity contribution in [2.75, 3.05) is 13.6 Å². The average Bonchev–Trinajstić information content (AvgIpc) is 3.06. The van der Waals surface area contributed by atoms with Crippen LogP contribution in [0.2, 0.25) is 0 Å². The second-order valence-corrected chi connectivity index (χ2v) is 6.68. The smallest absolute Gasteiger partial charge is 0.151 e. The fourth-order valence-electron chi connectivity index (χ4n) is 2.38. The fraction of sp³-hybridized carbons (Fsp3) is 0.222. The SMILES string of the molecule is CNCC[C@@H](Oc1cccc2ccccc12)S1=C=CC=C1.Cl. The summed E-state index contributed by atoms with van der Waals surface area (Å²) < 4.78 is 6.35. The van der Waals surface area contributed by atoms with Crippen molar-refractivity contribution in [3.63, 3.8) is 0 Å². The molecule has 0 aliphatic carbocycles. The maximum Gasteiger partial charge on any atom is 0.151 e. The molecule has 22 heavy (non-hydrogen) atoms. The molecule has 0 saturated heterocycles. The summed E-state index contributed by atoms with van der Waals surface area (Å²) in [6, 6.07) is 14.6. The number of nitrogens with one attached hydrogen (secondary N) is 1. The van der Waals surface area contributed by atoms with E-state index in [4.69, 9.17) is 4.74 Å². The van der Waals surface area contributed by atoms with Crippen molar-refractivity contribution in [2.45, 2.75) is 11.9 Å². The molecule has 116 valence electrons. The van der Waals surface area contributed by atoms with Crippen molar-refractivity contribution in [2.24, 2.45) is 0 Å². The van der Waals surface area contributed by atoms with Crippen molar-refractivity contribution in [3.8, 4) is 5.75 Å². The van der Waals surface area contributed by atoms with E-state index >= 15 is 0 Å². The van der Waals surface area contributed by atoms with Crippen LogP contribution in [0.15, 0.2) is 60.0 Å². The van der Waals surface area contributed by atoms with Gasteiger partial charge in [-0.15, -0.1) is 12.4 Å². The molecule has 1 N–H and O–H groups in total. The highest BCUT2D eigenvalue weighted by molar-refractivity contribution is 8.17. The number of ether oxygens (including phenoxy) is 1. The molecule has 0 amide bonds. The van der Waals surface area contributed by atoms with Gasteiger partial charge in [-0.1, -0.05) is 51.9 Å². The summed E-state index contributed by atoms with van der Waals surface area (Å²) >= 11 is 0. The van der Waals surface area contributed by atoms with Gasteiger partial charge in [-0.05, 0) is 42.6 Å². The fourth-order valence-corrected chi connectivity index (χ4v) is 3.85. The molecule has 2 aromatic carbocycles. The summed E-state index contributed by atoms with van der Waals surface area (Å²) in [5, 5.41) is 11.2. The van der Waals surface area contributed by atoms with Gasteiger partial charge in [0, 0.05) is 11.8 Å². The molecular weight excluding hydrogens is 314 g/mol. The first-order valence-electron chi connectivity index (χ1n) is 7.15. The molecule has 3 rings (SSSR count). The molecule has 1 unspecified atom stereocenters. The number of benzene rings is 2. The Bertz CT molecular complexity index is 729. The summed E-state index contributed by atoms with van der Waals surface area (Å²) in [5.74, 6) is 0.962. The third-order valence-corrected chi connectivity index (χ3v) is 5.20. The van der Waals surface area contributed by atoms with Crippen molar-refractivity contribution in [1.29, 1.82) is 0 Å². The Labute approximate surface area is 140 Å². The molecular formula is C18H20ClNOS. The molecule has 0 fully saturated rings. The summed E-state index contributed by atoms with van der Waals surface area (Å²) in [6.07, 6.45) is 5.01. The van der Waals surface area contributed by atoms with E-state index in [2.05, 4.69) is 64.3 Å². The number of halogens is 1. The van der Waals surface area contributed by atoms with Gasteiger partial charge in [0.05, 0.1) is 0 Å². The van der Waals surface area contributed by atoms with Crippen LogP contribution in [0, 0.1) is 0 Å². The Hall–Kier alpha value is -1.51.